The Hall–Kier alpha value is -3.13. The van der Waals surface area contributed by atoms with Gasteiger partial charge >= 0.3 is 5.97 Å². The van der Waals surface area contributed by atoms with Crippen LogP contribution in [-0.4, -0.2) is 22.1 Å². The number of halogens is 1. The highest BCUT2D eigenvalue weighted by Gasteiger charge is 2.24. The maximum absolute atomic E-state index is 13.0. The minimum Gasteiger partial charge on any atom is -0.452 e. The van der Waals surface area contributed by atoms with Crippen molar-refractivity contribution in [1.82, 2.24) is 4.98 Å². The van der Waals surface area contributed by atoms with Crippen LogP contribution in [0.2, 0.25) is 0 Å². The molecule has 0 spiro atoms. The molecule has 1 unspecified atom stereocenters. The summed E-state index contributed by atoms with van der Waals surface area (Å²) < 4.78 is 23.8. The molecule has 0 saturated carbocycles. The van der Waals surface area contributed by atoms with Gasteiger partial charge in [0.15, 0.2) is 12.4 Å². The second kappa shape index (κ2) is 7.47. The molecular formula is C20H15FN2O4S. The Bertz CT molecular complexity index is 1050. The van der Waals surface area contributed by atoms with Crippen molar-refractivity contribution in [3.8, 4) is 11.3 Å². The molecule has 1 aliphatic rings. The number of carbonyl (C=O) groups excluding carboxylic acids is 2. The summed E-state index contributed by atoms with van der Waals surface area (Å²) in [5, 5.41) is 2.60. The van der Waals surface area contributed by atoms with Crippen LogP contribution in [0.15, 0.2) is 58.0 Å². The van der Waals surface area contributed by atoms with Gasteiger partial charge in [0.1, 0.15) is 5.82 Å². The van der Waals surface area contributed by atoms with E-state index in [2.05, 4.69) is 10.3 Å². The van der Waals surface area contributed by atoms with Gasteiger partial charge in [0.25, 0.3) is 0 Å². The Balaban J connectivity index is 1.42. The predicted molar refractivity (Wildman–Crippen MR) is 101 cm³/mol. The quantitative estimate of drug-likeness (QED) is 0.661. The topological polar surface area (TPSA) is 81.4 Å². The fourth-order valence-corrected chi connectivity index (χ4v) is 3.60. The number of benzene rings is 2. The number of carbonyl (C=O) groups is 2. The van der Waals surface area contributed by atoms with Crippen molar-refractivity contribution in [1.29, 1.82) is 0 Å². The molecule has 1 aliphatic heterocycles. The summed E-state index contributed by atoms with van der Waals surface area (Å²) >= 11 is 1.44. The van der Waals surface area contributed by atoms with Crippen molar-refractivity contribution in [2.75, 3.05) is 5.32 Å². The summed E-state index contributed by atoms with van der Waals surface area (Å²) in [6, 6.07) is 10.8. The van der Waals surface area contributed by atoms with Crippen molar-refractivity contribution >= 4 is 29.3 Å². The van der Waals surface area contributed by atoms with Crippen LogP contribution in [0.3, 0.4) is 0 Å². The normalized spacial score (nSPS) is 15.6. The van der Waals surface area contributed by atoms with Crippen LogP contribution >= 0.6 is 11.8 Å². The molecule has 0 fully saturated rings. The summed E-state index contributed by atoms with van der Waals surface area (Å²) in [4.78, 5) is 29.1. The number of oxazole rings is 1. The first-order chi connectivity index (χ1) is 13.5. The first kappa shape index (κ1) is 18.2. The maximum Gasteiger partial charge on any atom is 0.338 e. The molecule has 4 rings (SSSR count). The molecule has 0 bridgehead atoms. The molecule has 0 radical (unpaired) electrons. The summed E-state index contributed by atoms with van der Waals surface area (Å²) in [7, 11) is 0. The summed E-state index contributed by atoms with van der Waals surface area (Å²) in [6.07, 6.45) is 1.49. The van der Waals surface area contributed by atoms with E-state index in [0.717, 1.165) is 4.90 Å². The maximum atomic E-state index is 13.0. The van der Waals surface area contributed by atoms with Gasteiger partial charge in [-0.2, -0.15) is 0 Å². The first-order valence-corrected chi connectivity index (χ1v) is 9.37. The van der Waals surface area contributed by atoms with Gasteiger partial charge in [-0.25, -0.2) is 14.2 Å². The van der Waals surface area contributed by atoms with Gasteiger partial charge in [-0.05, 0) is 49.4 Å². The Kier molecular flexibility index (Phi) is 4.87. The fourth-order valence-electron chi connectivity index (χ4n) is 2.67. The lowest BCUT2D eigenvalue weighted by Crippen LogP contribution is -2.26. The third-order valence-corrected chi connectivity index (χ3v) is 5.33. The summed E-state index contributed by atoms with van der Waals surface area (Å²) in [5.74, 6) is -0.318. The minimum absolute atomic E-state index is 0.101. The molecule has 28 heavy (non-hydrogen) atoms. The van der Waals surface area contributed by atoms with Gasteiger partial charge in [-0.3, -0.25) is 4.79 Å². The lowest BCUT2D eigenvalue weighted by molar-refractivity contribution is -0.115. The van der Waals surface area contributed by atoms with E-state index in [-0.39, 0.29) is 29.5 Å². The van der Waals surface area contributed by atoms with E-state index in [1.54, 1.807) is 30.3 Å². The zero-order valence-electron chi connectivity index (χ0n) is 14.8. The molecule has 0 aliphatic carbocycles. The fraction of sp³-hybridized carbons (Fsp3) is 0.150. The third kappa shape index (κ3) is 3.77. The molecule has 1 aromatic heterocycles. The van der Waals surface area contributed by atoms with Crippen molar-refractivity contribution in [3.63, 3.8) is 0 Å². The Labute approximate surface area is 164 Å². The van der Waals surface area contributed by atoms with E-state index in [1.807, 2.05) is 6.92 Å². The zero-order chi connectivity index (χ0) is 19.7. The molecule has 142 valence electrons. The van der Waals surface area contributed by atoms with Crippen LogP contribution < -0.4 is 5.32 Å². The van der Waals surface area contributed by atoms with Crippen LogP contribution in [0, 0.1) is 5.82 Å². The number of fused-ring (bicyclic) bond motifs is 1. The number of hydrogen-bond acceptors (Lipinski definition) is 6. The molecule has 3 aromatic rings. The Morgan fingerprint density at radius 1 is 1.29 bits per heavy atom. The smallest absolute Gasteiger partial charge is 0.338 e. The lowest BCUT2D eigenvalue weighted by Gasteiger charge is -2.21. The standard InChI is InChI=1S/C20H15FN2O4S/c1-11-19(24)23-15-8-13(4-7-17(15)28-11)20(25)26-10-18-22-9-16(27-18)12-2-5-14(21)6-3-12/h2-9,11H,10H2,1H3,(H,23,24). The van der Waals surface area contributed by atoms with E-state index in [1.165, 1.54) is 30.1 Å². The van der Waals surface area contributed by atoms with Crippen molar-refractivity contribution in [3.05, 3.63) is 65.9 Å². The van der Waals surface area contributed by atoms with Crippen LogP contribution in [0.5, 0.6) is 0 Å². The minimum atomic E-state index is -0.554. The van der Waals surface area contributed by atoms with Gasteiger partial charge < -0.3 is 14.5 Å². The number of aromatic nitrogens is 1. The molecule has 8 heteroatoms. The number of esters is 1. The van der Waals surface area contributed by atoms with Gasteiger partial charge in [0, 0.05) is 10.5 Å². The second-order valence-electron chi connectivity index (χ2n) is 6.16. The molecule has 1 atom stereocenters. The third-order valence-electron chi connectivity index (χ3n) is 4.16. The van der Waals surface area contributed by atoms with E-state index in [0.29, 0.717) is 22.6 Å². The highest BCUT2D eigenvalue weighted by Crippen LogP contribution is 2.36. The number of rotatable bonds is 4. The molecule has 6 nitrogen and oxygen atoms in total. The van der Waals surface area contributed by atoms with Crippen molar-refractivity contribution < 1.29 is 23.1 Å². The Morgan fingerprint density at radius 2 is 2.07 bits per heavy atom. The molecule has 2 aromatic carbocycles. The Morgan fingerprint density at radius 3 is 2.86 bits per heavy atom. The number of thioether (sulfide) groups is 1. The average Bonchev–Trinajstić information content (AvgIpc) is 3.16. The van der Waals surface area contributed by atoms with Gasteiger partial charge in [-0.1, -0.05) is 0 Å². The number of ether oxygens (including phenoxy) is 1. The van der Waals surface area contributed by atoms with Crippen LogP contribution in [0.1, 0.15) is 23.2 Å². The summed E-state index contributed by atoms with van der Waals surface area (Å²) in [5.41, 5.74) is 1.58. The number of nitrogens with one attached hydrogen (secondary N) is 1. The molecule has 1 amide bonds. The number of amides is 1. The molecular weight excluding hydrogens is 383 g/mol. The average molecular weight is 398 g/mol. The van der Waals surface area contributed by atoms with Crippen molar-refractivity contribution in [2.24, 2.45) is 0 Å². The first-order valence-electron chi connectivity index (χ1n) is 8.49. The highest BCUT2D eigenvalue weighted by molar-refractivity contribution is 8.00. The van der Waals surface area contributed by atoms with Gasteiger partial charge in [0.05, 0.1) is 22.7 Å². The SMILES string of the molecule is CC1Sc2ccc(C(=O)OCc3ncc(-c4ccc(F)cc4)o3)cc2NC1=O. The van der Waals surface area contributed by atoms with E-state index in [9.17, 15) is 14.0 Å². The number of hydrogen-bond donors (Lipinski definition) is 1. The van der Waals surface area contributed by atoms with E-state index >= 15 is 0 Å². The predicted octanol–water partition coefficient (Wildman–Crippen LogP) is 4.27. The summed E-state index contributed by atoms with van der Waals surface area (Å²) in [6.45, 7) is 1.68. The van der Waals surface area contributed by atoms with Crippen LogP contribution in [0.25, 0.3) is 11.3 Å². The number of nitrogens with zero attached hydrogens (tertiary/aromatic N) is 1. The van der Waals surface area contributed by atoms with Gasteiger partial charge in [-0.15, -0.1) is 11.8 Å². The second-order valence-corrected chi connectivity index (χ2v) is 7.54. The van der Waals surface area contributed by atoms with Crippen LogP contribution in [-0.2, 0) is 16.1 Å². The number of anilines is 1. The largest absolute Gasteiger partial charge is 0.452 e. The molecule has 2 heterocycles. The van der Waals surface area contributed by atoms with Crippen molar-refractivity contribution in [2.45, 2.75) is 23.7 Å². The zero-order valence-corrected chi connectivity index (χ0v) is 15.6. The molecule has 0 saturated heterocycles. The molecule has 1 N–H and O–H groups in total. The van der Waals surface area contributed by atoms with E-state index < -0.39 is 5.97 Å². The lowest BCUT2D eigenvalue weighted by atomic mass is 10.2. The van der Waals surface area contributed by atoms with E-state index in [4.69, 9.17) is 9.15 Å². The van der Waals surface area contributed by atoms with Gasteiger partial charge in [0.2, 0.25) is 11.8 Å². The van der Waals surface area contributed by atoms with Crippen LogP contribution in [0.4, 0.5) is 10.1 Å². The highest BCUT2D eigenvalue weighted by atomic mass is 32.2. The monoisotopic (exact) mass is 398 g/mol.